The van der Waals surface area contributed by atoms with Crippen molar-refractivity contribution in [3.05, 3.63) is 59.7 Å². The van der Waals surface area contributed by atoms with Crippen LogP contribution in [0.25, 0.3) is 0 Å². The molecule has 0 amide bonds. The van der Waals surface area contributed by atoms with E-state index in [9.17, 15) is 0 Å². The summed E-state index contributed by atoms with van der Waals surface area (Å²) in [6.07, 6.45) is 1.02. The Morgan fingerprint density at radius 2 is 1.95 bits per heavy atom. The maximum absolute atomic E-state index is 5.67. The van der Waals surface area contributed by atoms with Crippen LogP contribution in [0.15, 0.2) is 48.5 Å². The van der Waals surface area contributed by atoms with Crippen molar-refractivity contribution in [1.29, 1.82) is 0 Å². The lowest BCUT2D eigenvalue weighted by molar-refractivity contribution is 0.0970. The quantitative estimate of drug-likeness (QED) is 0.893. The summed E-state index contributed by atoms with van der Waals surface area (Å²) in [5.74, 6) is 0.919. The highest BCUT2D eigenvalue weighted by molar-refractivity contribution is 5.49. The van der Waals surface area contributed by atoms with E-state index in [1.807, 2.05) is 12.1 Å². The van der Waals surface area contributed by atoms with Crippen molar-refractivity contribution in [1.82, 2.24) is 0 Å². The van der Waals surface area contributed by atoms with Gasteiger partial charge in [-0.25, -0.2) is 0 Å². The number of hydrogen-bond acceptors (Lipinski definition) is 3. The number of ether oxygens (including phenoxy) is 2. The summed E-state index contributed by atoms with van der Waals surface area (Å²) in [7, 11) is 0. The van der Waals surface area contributed by atoms with Gasteiger partial charge in [0.2, 0.25) is 0 Å². The van der Waals surface area contributed by atoms with Crippen molar-refractivity contribution in [3.8, 4) is 5.75 Å². The molecule has 3 rings (SSSR count). The second-order valence-corrected chi connectivity index (χ2v) is 5.28. The molecule has 0 saturated carbocycles. The molecule has 21 heavy (non-hydrogen) atoms. The topological polar surface area (TPSA) is 30.5 Å². The van der Waals surface area contributed by atoms with Crippen LogP contribution in [0.5, 0.6) is 5.75 Å². The predicted molar refractivity (Wildman–Crippen MR) is 84.7 cm³/mol. The summed E-state index contributed by atoms with van der Waals surface area (Å²) in [5.41, 5.74) is 3.68. The van der Waals surface area contributed by atoms with Crippen LogP contribution in [0.2, 0.25) is 0 Å². The molecule has 0 spiro atoms. The SMILES string of the molecule is CCCOc1ccc(NC2COCc3ccccc32)cc1. The highest BCUT2D eigenvalue weighted by atomic mass is 16.5. The maximum Gasteiger partial charge on any atom is 0.119 e. The van der Waals surface area contributed by atoms with Crippen LogP contribution >= 0.6 is 0 Å². The van der Waals surface area contributed by atoms with Crippen LogP contribution in [-0.4, -0.2) is 13.2 Å². The zero-order valence-corrected chi connectivity index (χ0v) is 12.3. The molecule has 3 heteroatoms. The van der Waals surface area contributed by atoms with Crippen LogP contribution in [0.1, 0.15) is 30.5 Å². The minimum Gasteiger partial charge on any atom is -0.494 e. The number of rotatable bonds is 5. The highest BCUT2D eigenvalue weighted by Gasteiger charge is 2.19. The van der Waals surface area contributed by atoms with E-state index in [1.54, 1.807) is 0 Å². The van der Waals surface area contributed by atoms with E-state index >= 15 is 0 Å². The fourth-order valence-corrected chi connectivity index (χ4v) is 2.57. The largest absolute Gasteiger partial charge is 0.494 e. The third-order valence-electron chi connectivity index (χ3n) is 3.64. The van der Waals surface area contributed by atoms with Gasteiger partial charge in [-0.05, 0) is 41.8 Å². The van der Waals surface area contributed by atoms with Gasteiger partial charge in [0.25, 0.3) is 0 Å². The Hall–Kier alpha value is -2.00. The van der Waals surface area contributed by atoms with Gasteiger partial charge in [-0.3, -0.25) is 0 Å². The van der Waals surface area contributed by atoms with Gasteiger partial charge in [-0.2, -0.15) is 0 Å². The second kappa shape index (κ2) is 6.64. The van der Waals surface area contributed by atoms with E-state index in [4.69, 9.17) is 9.47 Å². The molecule has 3 nitrogen and oxygen atoms in total. The Balaban J connectivity index is 1.70. The molecule has 0 radical (unpaired) electrons. The molecule has 0 aromatic heterocycles. The first-order chi connectivity index (χ1) is 10.4. The Morgan fingerprint density at radius 3 is 2.76 bits per heavy atom. The standard InChI is InChI=1S/C18H21NO2/c1-2-11-21-16-9-7-15(8-10-16)19-18-13-20-12-14-5-3-4-6-17(14)18/h3-10,18-19H,2,11-13H2,1H3. The third kappa shape index (κ3) is 3.37. The fraction of sp³-hybridized carbons (Fsp3) is 0.333. The summed E-state index contributed by atoms with van der Waals surface area (Å²) in [6.45, 7) is 4.27. The molecule has 1 heterocycles. The van der Waals surface area contributed by atoms with Gasteiger partial charge in [0.05, 0.1) is 25.9 Å². The van der Waals surface area contributed by atoms with Gasteiger partial charge in [0, 0.05) is 5.69 Å². The van der Waals surface area contributed by atoms with Crippen molar-refractivity contribution in [3.63, 3.8) is 0 Å². The van der Waals surface area contributed by atoms with Gasteiger partial charge in [0.1, 0.15) is 5.75 Å². The van der Waals surface area contributed by atoms with Crippen LogP contribution in [0, 0.1) is 0 Å². The number of anilines is 1. The molecule has 2 aromatic carbocycles. The molecule has 0 aliphatic carbocycles. The number of nitrogens with one attached hydrogen (secondary N) is 1. The van der Waals surface area contributed by atoms with Gasteiger partial charge in [-0.15, -0.1) is 0 Å². The predicted octanol–water partition coefficient (Wildman–Crippen LogP) is 4.16. The van der Waals surface area contributed by atoms with Crippen molar-refractivity contribution in [2.24, 2.45) is 0 Å². The van der Waals surface area contributed by atoms with Gasteiger partial charge >= 0.3 is 0 Å². The average molecular weight is 283 g/mol. The Morgan fingerprint density at radius 1 is 1.14 bits per heavy atom. The summed E-state index contributed by atoms with van der Waals surface area (Å²) in [5, 5.41) is 3.54. The van der Waals surface area contributed by atoms with Crippen LogP contribution in [0.4, 0.5) is 5.69 Å². The fourth-order valence-electron chi connectivity index (χ4n) is 2.57. The number of benzene rings is 2. The summed E-state index contributed by atoms with van der Waals surface area (Å²) >= 11 is 0. The van der Waals surface area contributed by atoms with Crippen LogP contribution < -0.4 is 10.1 Å². The molecule has 1 aliphatic rings. The monoisotopic (exact) mass is 283 g/mol. The Bertz CT molecular complexity index is 580. The van der Waals surface area contributed by atoms with Gasteiger partial charge in [-0.1, -0.05) is 31.2 Å². The Kier molecular flexibility index (Phi) is 4.41. The second-order valence-electron chi connectivity index (χ2n) is 5.28. The average Bonchev–Trinajstić information content (AvgIpc) is 2.55. The zero-order chi connectivity index (χ0) is 14.5. The first kappa shape index (κ1) is 14.0. The number of fused-ring (bicyclic) bond motifs is 1. The lowest BCUT2D eigenvalue weighted by atomic mass is 9.99. The normalized spacial score (nSPS) is 17.1. The van der Waals surface area contributed by atoms with Crippen molar-refractivity contribution in [2.45, 2.75) is 26.0 Å². The molecule has 1 N–H and O–H groups in total. The zero-order valence-electron chi connectivity index (χ0n) is 12.3. The minimum atomic E-state index is 0.206. The van der Waals surface area contributed by atoms with E-state index in [2.05, 4.69) is 48.6 Å². The molecule has 2 aromatic rings. The summed E-state index contributed by atoms with van der Waals surface area (Å²) in [6, 6.07) is 16.8. The van der Waals surface area contributed by atoms with E-state index in [0.717, 1.165) is 24.5 Å². The lowest BCUT2D eigenvalue weighted by Crippen LogP contribution is -2.23. The molecular weight excluding hydrogens is 262 g/mol. The molecule has 1 aliphatic heterocycles. The molecule has 0 bridgehead atoms. The summed E-state index contributed by atoms with van der Waals surface area (Å²) in [4.78, 5) is 0. The van der Waals surface area contributed by atoms with Crippen LogP contribution in [-0.2, 0) is 11.3 Å². The van der Waals surface area contributed by atoms with Crippen molar-refractivity contribution in [2.75, 3.05) is 18.5 Å². The molecule has 0 fully saturated rings. The Labute approximate surface area is 125 Å². The first-order valence-corrected chi connectivity index (χ1v) is 7.52. The molecule has 0 saturated heterocycles. The van der Waals surface area contributed by atoms with Crippen molar-refractivity contribution < 1.29 is 9.47 Å². The van der Waals surface area contributed by atoms with E-state index in [1.165, 1.54) is 11.1 Å². The molecule has 1 atom stereocenters. The minimum absolute atomic E-state index is 0.206. The highest BCUT2D eigenvalue weighted by Crippen LogP contribution is 2.28. The van der Waals surface area contributed by atoms with E-state index in [-0.39, 0.29) is 6.04 Å². The first-order valence-electron chi connectivity index (χ1n) is 7.52. The van der Waals surface area contributed by atoms with E-state index < -0.39 is 0 Å². The van der Waals surface area contributed by atoms with Gasteiger partial charge in [0.15, 0.2) is 0 Å². The summed E-state index contributed by atoms with van der Waals surface area (Å²) < 4.78 is 11.3. The lowest BCUT2D eigenvalue weighted by Gasteiger charge is -2.27. The van der Waals surface area contributed by atoms with Crippen LogP contribution in [0.3, 0.4) is 0 Å². The molecule has 1 unspecified atom stereocenters. The van der Waals surface area contributed by atoms with E-state index in [0.29, 0.717) is 13.2 Å². The maximum atomic E-state index is 5.67. The van der Waals surface area contributed by atoms with Crippen molar-refractivity contribution >= 4 is 5.69 Å². The molecule has 110 valence electrons. The van der Waals surface area contributed by atoms with Gasteiger partial charge < -0.3 is 14.8 Å². The third-order valence-corrected chi connectivity index (χ3v) is 3.64. The smallest absolute Gasteiger partial charge is 0.119 e. The number of hydrogen-bond donors (Lipinski definition) is 1. The molecular formula is C18H21NO2.